The summed E-state index contributed by atoms with van der Waals surface area (Å²) in [7, 11) is 0. The van der Waals surface area contributed by atoms with Crippen LogP contribution < -0.4 is 0 Å². The molecule has 0 radical (unpaired) electrons. The van der Waals surface area contributed by atoms with Gasteiger partial charge in [0.25, 0.3) is 0 Å². The minimum absolute atomic E-state index is 0.00610. The smallest absolute Gasteiger partial charge is 0.312 e. The van der Waals surface area contributed by atoms with Crippen molar-refractivity contribution in [1.82, 2.24) is 0 Å². The molecule has 0 aromatic rings. The van der Waals surface area contributed by atoms with E-state index in [1.54, 1.807) is 0 Å². The summed E-state index contributed by atoms with van der Waals surface area (Å²) in [5, 5.41) is 8.58. The highest BCUT2D eigenvalue weighted by Crippen LogP contribution is 2.47. The first-order valence-electron chi connectivity index (χ1n) is 6.69. The van der Waals surface area contributed by atoms with E-state index in [1.807, 2.05) is 27.7 Å². The van der Waals surface area contributed by atoms with Gasteiger partial charge in [0.1, 0.15) is 6.61 Å². The van der Waals surface area contributed by atoms with Gasteiger partial charge < -0.3 is 9.84 Å². The van der Waals surface area contributed by atoms with Crippen molar-refractivity contribution in [2.75, 3.05) is 6.61 Å². The van der Waals surface area contributed by atoms with E-state index in [4.69, 9.17) is 9.84 Å². The van der Waals surface area contributed by atoms with Gasteiger partial charge in [-0.25, -0.2) is 0 Å². The van der Waals surface area contributed by atoms with Crippen LogP contribution in [0, 0.1) is 16.2 Å². The number of carbonyl (C=O) groups is 2. The molecule has 0 saturated carbocycles. The van der Waals surface area contributed by atoms with Crippen LogP contribution in [-0.4, -0.2) is 23.7 Å². The van der Waals surface area contributed by atoms with Gasteiger partial charge in [0.15, 0.2) is 0 Å². The zero-order valence-electron chi connectivity index (χ0n) is 13.3. The molecule has 0 aliphatic rings. The molecule has 0 aromatic carbocycles. The lowest BCUT2D eigenvalue weighted by atomic mass is 9.61. The molecule has 0 fully saturated rings. The summed E-state index contributed by atoms with van der Waals surface area (Å²) < 4.78 is 5.17. The van der Waals surface area contributed by atoms with E-state index in [9.17, 15) is 9.59 Å². The molecule has 112 valence electrons. The molecule has 1 unspecified atom stereocenters. The van der Waals surface area contributed by atoms with E-state index in [2.05, 4.69) is 20.8 Å². The van der Waals surface area contributed by atoms with Gasteiger partial charge in [-0.1, -0.05) is 41.5 Å². The molecular formula is C15H28O4. The normalized spacial score (nSPS) is 15.7. The monoisotopic (exact) mass is 272 g/mol. The molecular weight excluding hydrogens is 244 g/mol. The van der Waals surface area contributed by atoms with Crippen LogP contribution in [0.2, 0.25) is 0 Å². The molecule has 0 aliphatic carbocycles. The zero-order valence-corrected chi connectivity index (χ0v) is 13.3. The molecule has 1 atom stereocenters. The Morgan fingerprint density at radius 3 is 1.79 bits per heavy atom. The van der Waals surface area contributed by atoms with E-state index in [1.165, 1.54) is 0 Å². The first-order valence-corrected chi connectivity index (χ1v) is 6.69. The molecule has 19 heavy (non-hydrogen) atoms. The largest absolute Gasteiger partial charge is 0.481 e. The van der Waals surface area contributed by atoms with Crippen molar-refractivity contribution >= 4 is 11.9 Å². The molecule has 0 amide bonds. The summed E-state index contributed by atoms with van der Waals surface area (Å²) in [6.07, 6.45) is 0.539. The Balaban J connectivity index is 4.95. The van der Waals surface area contributed by atoms with Crippen molar-refractivity contribution in [1.29, 1.82) is 0 Å². The maximum Gasteiger partial charge on any atom is 0.312 e. The minimum Gasteiger partial charge on any atom is -0.481 e. The van der Waals surface area contributed by atoms with Crippen LogP contribution in [0.25, 0.3) is 0 Å². The Morgan fingerprint density at radius 1 is 1.00 bits per heavy atom. The summed E-state index contributed by atoms with van der Waals surface area (Å²) in [5.41, 5.74) is -0.891. The summed E-state index contributed by atoms with van der Waals surface area (Å²) in [5.74, 6) is -1.27. The summed E-state index contributed by atoms with van der Waals surface area (Å²) in [6, 6.07) is 0. The predicted octanol–water partition coefficient (Wildman–Crippen LogP) is 3.49. The Morgan fingerprint density at radius 2 is 1.47 bits per heavy atom. The van der Waals surface area contributed by atoms with Gasteiger partial charge in [0.2, 0.25) is 0 Å². The number of hydrogen-bond donors (Lipinski definition) is 1. The Hall–Kier alpha value is -1.06. The second kappa shape index (κ2) is 5.93. The Labute approximate surface area is 116 Å². The lowest BCUT2D eigenvalue weighted by molar-refractivity contribution is -0.165. The highest BCUT2D eigenvalue weighted by atomic mass is 16.5. The second-order valence-electron chi connectivity index (χ2n) is 7.60. The molecule has 4 nitrogen and oxygen atoms in total. The highest BCUT2D eigenvalue weighted by molar-refractivity contribution is 5.78. The van der Waals surface area contributed by atoms with Gasteiger partial charge in [-0.3, -0.25) is 9.59 Å². The quantitative estimate of drug-likeness (QED) is 0.778. The fourth-order valence-electron chi connectivity index (χ4n) is 2.09. The number of aliphatic carboxylic acids is 1. The summed E-state index contributed by atoms with van der Waals surface area (Å²) in [4.78, 5) is 22.8. The average Bonchev–Trinajstić information content (AvgIpc) is 2.12. The van der Waals surface area contributed by atoms with Crippen molar-refractivity contribution in [3.05, 3.63) is 0 Å². The van der Waals surface area contributed by atoms with Gasteiger partial charge in [-0.05, 0) is 24.2 Å². The number of carboxylic acids is 1. The van der Waals surface area contributed by atoms with Crippen LogP contribution in [0.15, 0.2) is 0 Å². The molecule has 0 aromatic heterocycles. The molecule has 1 N–H and O–H groups in total. The fourth-order valence-corrected chi connectivity index (χ4v) is 2.09. The van der Waals surface area contributed by atoms with Crippen molar-refractivity contribution in [2.45, 2.75) is 61.3 Å². The lowest BCUT2D eigenvalue weighted by Crippen LogP contribution is -2.44. The van der Waals surface area contributed by atoms with Crippen molar-refractivity contribution in [3.63, 3.8) is 0 Å². The lowest BCUT2D eigenvalue weighted by Gasteiger charge is -2.43. The van der Waals surface area contributed by atoms with E-state index < -0.39 is 11.4 Å². The number of esters is 1. The molecule has 0 bridgehead atoms. The van der Waals surface area contributed by atoms with Gasteiger partial charge >= 0.3 is 11.9 Å². The predicted molar refractivity (Wildman–Crippen MR) is 74.8 cm³/mol. The van der Waals surface area contributed by atoms with Crippen LogP contribution in [0.3, 0.4) is 0 Å². The molecule has 4 heteroatoms. The standard InChI is InChI=1S/C15H28O4/c1-13(2,3)10-15(7,14(4,5)6)12(18)19-9-8-11(16)17/h8-10H2,1-7H3,(H,16,17). The zero-order chi connectivity index (χ0) is 15.5. The van der Waals surface area contributed by atoms with Crippen LogP contribution >= 0.6 is 0 Å². The van der Waals surface area contributed by atoms with E-state index in [-0.39, 0.29) is 29.8 Å². The molecule has 0 rings (SSSR count). The van der Waals surface area contributed by atoms with E-state index in [0.717, 1.165) is 0 Å². The first kappa shape index (κ1) is 17.9. The number of carbonyl (C=O) groups excluding carboxylic acids is 1. The topological polar surface area (TPSA) is 63.6 Å². The summed E-state index contributed by atoms with van der Waals surface area (Å²) >= 11 is 0. The Kier molecular flexibility index (Phi) is 5.60. The van der Waals surface area contributed by atoms with Crippen molar-refractivity contribution in [3.8, 4) is 0 Å². The van der Waals surface area contributed by atoms with E-state index in [0.29, 0.717) is 6.42 Å². The number of ether oxygens (including phenoxy) is 1. The van der Waals surface area contributed by atoms with Crippen LogP contribution in [0.4, 0.5) is 0 Å². The van der Waals surface area contributed by atoms with Crippen LogP contribution in [0.1, 0.15) is 61.3 Å². The molecule has 0 spiro atoms. The highest BCUT2D eigenvalue weighted by Gasteiger charge is 2.47. The third-order valence-electron chi connectivity index (χ3n) is 3.54. The van der Waals surface area contributed by atoms with Crippen molar-refractivity contribution < 1.29 is 19.4 Å². The van der Waals surface area contributed by atoms with Crippen LogP contribution in [-0.2, 0) is 14.3 Å². The average molecular weight is 272 g/mol. The van der Waals surface area contributed by atoms with Gasteiger partial charge in [0, 0.05) is 0 Å². The fraction of sp³-hybridized carbons (Fsp3) is 0.867. The maximum absolute atomic E-state index is 12.4. The Bertz CT molecular complexity index is 333. The van der Waals surface area contributed by atoms with Gasteiger partial charge in [0.05, 0.1) is 11.8 Å². The SMILES string of the molecule is CC(C)(C)CC(C)(C(=O)OCCC(=O)O)C(C)(C)C. The third kappa shape index (κ3) is 5.62. The number of hydrogen-bond acceptors (Lipinski definition) is 3. The van der Waals surface area contributed by atoms with Gasteiger partial charge in [-0.2, -0.15) is 0 Å². The van der Waals surface area contributed by atoms with Crippen molar-refractivity contribution in [2.24, 2.45) is 16.2 Å². The minimum atomic E-state index is -0.957. The van der Waals surface area contributed by atoms with Gasteiger partial charge in [-0.15, -0.1) is 0 Å². The molecule has 0 aliphatic heterocycles. The number of rotatable bonds is 5. The molecule has 0 saturated heterocycles. The third-order valence-corrected chi connectivity index (χ3v) is 3.54. The maximum atomic E-state index is 12.4. The summed E-state index contributed by atoms with van der Waals surface area (Å²) in [6.45, 7) is 14.1. The molecule has 0 heterocycles. The number of carboxylic acid groups (broad SMARTS) is 1. The first-order chi connectivity index (χ1) is 8.29. The van der Waals surface area contributed by atoms with E-state index >= 15 is 0 Å². The van der Waals surface area contributed by atoms with Crippen LogP contribution in [0.5, 0.6) is 0 Å². The second-order valence-corrected chi connectivity index (χ2v) is 7.60.